The molecule has 0 aliphatic carbocycles. The smallest absolute Gasteiger partial charge is 0.258 e. The molecule has 0 spiro atoms. The van der Waals surface area contributed by atoms with Gasteiger partial charge in [-0.05, 0) is 43.7 Å². The van der Waals surface area contributed by atoms with E-state index in [-0.39, 0.29) is 36.1 Å². The van der Waals surface area contributed by atoms with Gasteiger partial charge in [-0.2, -0.15) is 0 Å². The Kier molecular flexibility index (Phi) is 6.32. The summed E-state index contributed by atoms with van der Waals surface area (Å²) in [7, 11) is 0. The molecule has 7 heteroatoms. The molecule has 2 aliphatic heterocycles. The normalized spacial score (nSPS) is 25.0. The van der Waals surface area contributed by atoms with Crippen LogP contribution in [0.5, 0.6) is 0 Å². The predicted molar refractivity (Wildman–Crippen MR) is 122 cm³/mol. The average Bonchev–Trinajstić information content (AvgIpc) is 2.95. The lowest BCUT2D eigenvalue weighted by Gasteiger charge is -2.38. The molecule has 4 atom stereocenters. The number of carbonyl (C=O) groups is 1. The molecule has 2 N–H and O–H groups in total. The zero-order chi connectivity index (χ0) is 22.1. The number of amides is 1. The van der Waals surface area contributed by atoms with Crippen molar-refractivity contribution in [2.24, 2.45) is 11.8 Å². The van der Waals surface area contributed by atoms with Crippen LogP contribution in [0.2, 0.25) is 5.02 Å². The monoisotopic (exact) mass is 441 g/mol. The molecule has 1 aromatic carbocycles. The van der Waals surface area contributed by atoms with Crippen LogP contribution >= 0.6 is 11.6 Å². The number of hydrogen-bond acceptors (Lipinski definition) is 4. The standard InChI is InChI=1S/C24H28ClN3O3/c1-3-6-16-9-10-19-22-21(23(30)26-4-2)18(14-29)20(13-28(19)24(16)31)27(22)12-15-7-5-8-17(25)11-15/h3,5-11,18,20-22,29H,4,12-14H2,1-2H3,(H,26,30)/t18-,20-,21+,22+/m1/s1. The Morgan fingerprint density at radius 2 is 2.13 bits per heavy atom. The van der Waals surface area contributed by atoms with Gasteiger partial charge >= 0.3 is 0 Å². The van der Waals surface area contributed by atoms with Crippen molar-refractivity contribution in [1.29, 1.82) is 0 Å². The number of pyridine rings is 1. The van der Waals surface area contributed by atoms with E-state index < -0.39 is 5.92 Å². The van der Waals surface area contributed by atoms with Gasteiger partial charge in [-0.1, -0.05) is 35.9 Å². The van der Waals surface area contributed by atoms with Crippen molar-refractivity contribution in [2.75, 3.05) is 13.2 Å². The molecule has 3 heterocycles. The number of halogens is 1. The van der Waals surface area contributed by atoms with E-state index in [4.69, 9.17) is 11.6 Å². The van der Waals surface area contributed by atoms with Gasteiger partial charge in [-0.25, -0.2) is 0 Å². The highest BCUT2D eigenvalue weighted by Gasteiger charge is 2.55. The summed E-state index contributed by atoms with van der Waals surface area (Å²) in [4.78, 5) is 28.5. The molecule has 6 nitrogen and oxygen atoms in total. The summed E-state index contributed by atoms with van der Waals surface area (Å²) in [6.07, 6.45) is 3.65. The summed E-state index contributed by atoms with van der Waals surface area (Å²) in [5, 5.41) is 13.9. The largest absolute Gasteiger partial charge is 0.396 e. The molecule has 2 bridgehead atoms. The van der Waals surface area contributed by atoms with Gasteiger partial charge in [0.1, 0.15) is 0 Å². The number of aliphatic hydroxyl groups excluding tert-OH is 1. The molecular weight excluding hydrogens is 414 g/mol. The lowest BCUT2D eigenvalue weighted by molar-refractivity contribution is -0.127. The number of aliphatic hydroxyl groups is 1. The van der Waals surface area contributed by atoms with Crippen LogP contribution in [0.4, 0.5) is 0 Å². The van der Waals surface area contributed by atoms with Crippen LogP contribution < -0.4 is 10.9 Å². The minimum atomic E-state index is -0.435. The van der Waals surface area contributed by atoms with E-state index in [0.717, 1.165) is 11.3 Å². The van der Waals surface area contributed by atoms with Gasteiger partial charge in [0, 0.05) is 54.5 Å². The summed E-state index contributed by atoms with van der Waals surface area (Å²) in [6.45, 7) is 5.21. The van der Waals surface area contributed by atoms with Crippen LogP contribution in [0, 0.1) is 11.8 Å². The Labute approximate surface area is 187 Å². The van der Waals surface area contributed by atoms with Crippen LogP contribution in [0.25, 0.3) is 6.08 Å². The van der Waals surface area contributed by atoms with Crippen LogP contribution in [0.3, 0.4) is 0 Å². The number of benzene rings is 1. The van der Waals surface area contributed by atoms with Gasteiger partial charge in [-0.3, -0.25) is 14.5 Å². The maximum absolute atomic E-state index is 13.1. The SMILES string of the molecule is CC=Cc1ccc2n(c1=O)C[C@@H]1[C@@H](CO)[C@H](C(=O)NCC)[C@H]2N1Cc1cccc(Cl)c1. The van der Waals surface area contributed by atoms with Crippen molar-refractivity contribution in [2.45, 2.75) is 39.0 Å². The fourth-order valence-electron chi connectivity index (χ4n) is 5.20. The number of rotatable bonds is 6. The first-order chi connectivity index (χ1) is 15.0. The topological polar surface area (TPSA) is 74.6 Å². The number of fused-ring (bicyclic) bond motifs is 4. The Bertz CT molecular complexity index is 1060. The second kappa shape index (κ2) is 8.99. The molecule has 1 amide bonds. The summed E-state index contributed by atoms with van der Waals surface area (Å²) in [5.74, 6) is -0.779. The van der Waals surface area contributed by atoms with E-state index in [1.165, 1.54) is 0 Å². The van der Waals surface area contributed by atoms with E-state index in [0.29, 0.717) is 30.2 Å². The maximum Gasteiger partial charge on any atom is 0.258 e. The van der Waals surface area contributed by atoms with E-state index in [1.807, 2.05) is 56.3 Å². The van der Waals surface area contributed by atoms with E-state index in [2.05, 4.69) is 10.2 Å². The quantitative estimate of drug-likeness (QED) is 0.722. The van der Waals surface area contributed by atoms with Crippen molar-refractivity contribution < 1.29 is 9.90 Å². The fraction of sp³-hybridized carbons (Fsp3) is 0.417. The number of carbonyl (C=O) groups excluding carboxylic acids is 1. The summed E-state index contributed by atoms with van der Waals surface area (Å²) in [5.41, 5.74) is 2.44. The molecule has 164 valence electrons. The first kappa shape index (κ1) is 21.8. The second-order valence-electron chi connectivity index (χ2n) is 8.21. The number of aromatic nitrogens is 1. The lowest BCUT2D eigenvalue weighted by atomic mass is 9.86. The number of hydrogen-bond donors (Lipinski definition) is 2. The zero-order valence-corrected chi connectivity index (χ0v) is 18.5. The molecule has 1 aromatic heterocycles. The van der Waals surface area contributed by atoms with Gasteiger partial charge in [-0.15, -0.1) is 0 Å². The Balaban J connectivity index is 1.83. The number of allylic oxidation sites excluding steroid dienone is 1. The molecule has 0 radical (unpaired) electrons. The van der Waals surface area contributed by atoms with Crippen LogP contribution in [0.15, 0.2) is 47.3 Å². The van der Waals surface area contributed by atoms with E-state index in [1.54, 1.807) is 10.6 Å². The molecule has 1 saturated heterocycles. The van der Waals surface area contributed by atoms with Crippen molar-refractivity contribution in [3.63, 3.8) is 0 Å². The number of nitrogens with zero attached hydrogens (tertiary/aromatic N) is 2. The second-order valence-corrected chi connectivity index (χ2v) is 8.65. The summed E-state index contributed by atoms with van der Waals surface area (Å²) in [6, 6.07) is 11.0. The highest BCUT2D eigenvalue weighted by atomic mass is 35.5. The molecule has 2 aliphatic rings. The van der Waals surface area contributed by atoms with Gasteiger partial charge in [0.2, 0.25) is 5.91 Å². The van der Waals surface area contributed by atoms with Crippen molar-refractivity contribution in [3.8, 4) is 0 Å². The highest BCUT2D eigenvalue weighted by molar-refractivity contribution is 6.30. The zero-order valence-electron chi connectivity index (χ0n) is 17.8. The molecule has 0 unspecified atom stereocenters. The van der Waals surface area contributed by atoms with Crippen LogP contribution in [-0.2, 0) is 17.9 Å². The van der Waals surface area contributed by atoms with Crippen LogP contribution in [-0.4, -0.2) is 39.7 Å². The Hall–Kier alpha value is -2.41. The van der Waals surface area contributed by atoms with Gasteiger partial charge in [0.25, 0.3) is 5.56 Å². The minimum Gasteiger partial charge on any atom is -0.396 e. The summed E-state index contributed by atoms with van der Waals surface area (Å²) >= 11 is 6.20. The first-order valence-electron chi connectivity index (χ1n) is 10.7. The Morgan fingerprint density at radius 3 is 2.81 bits per heavy atom. The third kappa shape index (κ3) is 3.84. The Morgan fingerprint density at radius 1 is 1.32 bits per heavy atom. The van der Waals surface area contributed by atoms with Crippen molar-refractivity contribution in [3.05, 3.63) is 74.7 Å². The maximum atomic E-state index is 13.1. The van der Waals surface area contributed by atoms with E-state index in [9.17, 15) is 14.7 Å². The molecule has 0 saturated carbocycles. The predicted octanol–water partition coefficient (Wildman–Crippen LogP) is 2.83. The van der Waals surface area contributed by atoms with Crippen LogP contribution in [0.1, 0.15) is 36.7 Å². The number of nitrogens with one attached hydrogen (secondary N) is 1. The third-order valence-corrected chi connectivity index (χ3v) is 6.69. The summed E-state index contributed by atoms with van der Waals surface area (Å²) < 4.78 is 1.79. The van der Waals surface area contributed by atoms with Crippen molar-refractivity contribution in [1.82, 2.24) is 14.8 Å². The third-order valence-electron chi connectivity index (χ3n) is 6.45. The minimum absolute atomic E-state index is 0.0544. The van der Waals surface area contributed by atoms with Gasteiger partial charge in [0.05, 0.1) is 12.0 Å². The van der Waals surface area contributed by atoms with E-state index >= 15 is 0 Å². The first-order valence-corrected chi connectivity index (χ1v) is 11.1. The van der Waals surface area contributed by atoms with Gasteiger partial charge < -0.3 is 15.0 Å². The average molecular weight is 442 g/mol. The lowest BCUT2D eigenvalue weighted by Crippen LogP contribution is -2.46. The molecular formula is C24H28ClN3O3. The fourth-order valence-corrected chi connectivity index (χ4v) is 5.42. The molecule has 31 heavy (non-hydrogen) atoms. The van der Waals surface area contributed by atoms with Crippen molar-refractivity contribution >= 4 is 23.6 Å². The molecule has 2 aromatic rings. The highest BCUT2D eigenvalue weighted by Crippen LogP contribution is 2.49. The molecule has 4 rings (SSSR count). The molecule has 1 fully saturated rings. The van der Waals surface area contributed by atoms with Gasteiger partial charge in [0.15, 0.2) is 0 Å².